The van der Waals surface area contributed by atoms with Crippen molar-refractivity contribution in [3.63, 3.8) is 0 Å². The van der Waals surface area contributed by atoms with E-state index >= 15 is 0 Å². The van der Waals surface area contributed by atoms with Crippen LogP contribution >= 0.6 is 0 Å². The van der Waals surface area contributed by atoms with Crippen LogP contribution in [0.4, 0.5) is 4.39 Å². The highest BCUT2D eigenvalue weighted by Crippen LogP contribution is 2.21. The van der Waals surface area contributed by atoms with Crippen LogP contribution < -0.4 is 10.1 Å². The molecule has 0 aliphatic rings. The number of nitrogens with one attached hydrogen (secondary N) is 1. The Morgan fingerprint density at radius 3 is 2.89 bits per heavy atom. The normalized spacial score (nSPS) is 10.2. The fraction of sp³-hybridized carbons (Fsp3) is 0.429. The Morgan fingerprint density at radius 2 is 2.19 bits per heavy atom. The predicted octanol–water partition coefficient (Wildman–Crippen LogP) is 3.62. The van der Waals surface area contributed by atoms with Crippen molar-refractivity contribution in [2.24, 2.45) is 7.05 Å². The average Bonchev–Trinajstić information content (AvgIpc) is 3.05. The van der Waals surface area contributed by atoms with Gasteiger partial charge in [0.25, 0.3) is 5.91 Å². The zero-order valence-electron chi connectivity index (χ0n) is 16.1. The summed E-state index contributed by atoms with van der Waals surface area (Å²) in [7, 11) is 1.72. The third-order valence-corrected chi connectivity index (χ3v) is 4.14. The predicted molar refractivity (Wildman–Crippen MR) is 103 cm³/mol. The highest BCUT2D eigenvalue weighted by Gasteiger charge is 2.14. The minimum atomic E-state index is -0.439. The molecular formula is C21H26FN3O2. The van der Waals surface area contributed by atoms with E-state index in [1.54, 1.807) is 31.3 Å². The van der Waals surface area contributed by atoms with Crippen molar-refractivity contribution in [3.8, 4) is 17.6 Å². The van der Waals surface area contributed by atoms with Gasteiger partial charge in [0, 0.05) is 25.6 Å². The van der Waals surface area contributed by atoms with E-state index in [0.29, 0.717) is 17.9 Å². The minimum absolute atomic E-state index is 0.0839. The third-order valence-electron chi connectivity index (χ3n) is 4.14. The van der Waals surface area contributed by atoms with Gasteiger partial charge in [-0.2, -0.15) is 5.10 Å². The van der Waals surface area contributed by atoms with Gasteiger partial charge in [0.1, 0.15) is 5.69 Å². The molecule has 0 aliphatic heterocycles. The van der Waals surface area contributed by atoms with Crippen LogP contribution in [-0.2, 0) is 20.0 Å². The summed E-state index contributed by atoms with van der Waals surface area (Å²) in [6.07, 6.45) is 3.31. The summed E-state index contributed by atoms with van der Waals surface area (Å²) in [6.45, 7) is 4.31. The van der Waals surface area contributed by atoms with Crippen molar-refractivity contribution >= 4 is 5.91 Å². The maximum absolute atomic E-state index is 14.6. The smallest absolute Gasteiger partial charge is 0.269 e. The molecule has 1 aromatic carbocycles. The van der Waals surface area contributed by atoms with Gasteiger partial charge in [-0.3, -0.25) is 9.48 Å². The van der Waals surface area contributed by atoms with E-state index in [0.717, 1.165) is 31.4 Å². The second-order valence-electron chi connectivity index (χ2n) is 6.14. The molecule has 2 aromatic rings. The Morgan fingerprint density at radius 1 is 1.37 bits per heavy atom. The molecule has 0 fully saturated rings. The van der Waals surface area contributed by atoms with Crippen molar-refractivity contribution in [1.29, 1.82) is 0 Å². The molecule has 6 heteroatoms. The number of hydrogen-bond donors (Lipinski definition) is 1. The largest absolute Gasteiger partial charge is 0.491 e. The fourth-order valence-corrected chi connectivity index (χ4v) is 2.60. The van der Waals surface area contributed by atoms with Crippen LogP contribution in [0.15, 0.2) is 24.3 Å². The minimum Gasteiger partial charge on any atom is -0.491 e. The van der Waals surface area contributed by atoms with E-state index in [1.165, 1.54) is 4.68 Å². The average molecular weight is 371 g/mol. The number of carbonyl (C=O) groups excluding carboxylic acids is 1. The lowest BCUT2D eigenvalue weighted by atomic mass is 10.2. The van der Waals surface area contributed by atoms with Gasteiger partial charge < -0.3 is 10.1 Å². The molecule has 0 bridgehead atoms. The zero-order valence-corrected chi connectivity index (χ0v) is 16.1. The van der Waals surface area contributed by atoms with Crippen molar-refractivity contribution in [2.75, 3.05) is 6.61 Å². The molecule has 0 aliphatic carbocycles. The molecule has 1 N–H and O–H groups in total. The first-order valence-electron chi connectivity index (χ1n) is 9.17. The van der Waals surface area contributed by atoms with Gasteiger partial charge in [-0.05, 0) is 38.3 Å². The molecule has 0 radical (unpaired) electrons. The van der Waals surface area contributed by atoms with Gasteiger partial charge in [0.05, 0.1) is 12.3 Å². The van der Waals surface area contributed by atoms with Crippen LogP contribution in [0.2, 0.25) is 0 Å². The van der Waals surface area contributed by atoms with Gasteiger partial charge in [-0.1, -0.05) is 19.1 Å². The van der Waals surface area contributed by atoms with E-state index in [9.17, 15) is 9.18 Å². The maximum atomic E-state index is 14.6. The standard InChI is InChI=1S/C21H26FN3O2/c1-4-6-7-8-9-13-27-19-12-10-11-16(20(19)22)15-23-21(26)18-14-17(5-2)24-25(18)3/h10-12,14H,5,7-9,13,15H2,1-3H3,(H,23,26). The van der Waals surface area contributed by atoms with E-state index in [4.69, 9.17) is 4.74 Å². The Hall–Kier alpha value is -2.81. The Bertz CT molecular complexity index is 834. The van der Waals surface area contributed by atoms with E-state index < -0.39 is 5.82 Å². The maximum Gasteiger partial charge on any atom is 0.269 e. The van der Waals surface area contributed by atoms with Crippen LogP contribution in [0.5, 0.6) is 5.75 Å². The second-order valence-corrected chi connectivity index (χ2v) is 6.14. The molecular weight excluding hydrogens is 345 g/mol. The molecule has 144 valence electrons. The number of aromatic nitrogens is 2. The van der Waals surface area contributed by atoms with Gasteiger partial charge in [0.15, 0.2) is 11.6 Å². The number of carbonyl (C=O) groups is 1. The second kappa shape index (κ2) is 10.4. The number of ether oxygens (including phenoxy) is 1. The zero-order chi connectivity index (χ0) is 19.6. The molecule has 0 unspecified atom stereocenters. The molecule has 0 saturated heterocycles. The van der Waals surface area contributed by atoms with Crippen molar-refractivity contribution in [3.05, 3.63) is 47.0 Å². The SMILES string of the molecule is CC#CCCCCOc1cccc(CNC(=O)c2cc(CC)nn2C)c1F. The Labute approximate surface area is 159 Å². The molecule has 1 aromatic heterocycles. The molecule has 5 nitrogen and oxygen atoms in total. The van der Waals surface area contributed by atoms with E-state index in [-0.39, 0.29) is 18.2 Å². The Kier molecular flexibility index (Phi) is 7.87. The number of halogens is 1. The highest BCUT2D eigenvalue weighted by atomic mass is 19.1. The van der Waals surface area contributed by atoms with Gasteiger partial charge in [-0.15, -0.1) is 11.8 Å². The molecule has 1 amide bonds. The number of unbranched alkanes of at least 4 members (excludes halogenated alkanes) is 2. The summed E-state index contributed by atoms with van der Waals surface area (Å²) in [4.78, 5) is 12.3. The summed E-state index contributed by atoms with van der Waals surface area (Å²) < 4.78 is 21.6. The van der Waals surface area contributed by atoms with Crippen LogP contribution in [0.1, 0.15) is 54.9 Å². The summed E-state index contributed by atoms with van der Waals surface area (Å²) in [5.74, 6) is 5.32. The van der Waals surface area contributed by atoms with Crippen LogP contribution in [0.3, 0.4) is 0 Å². The van der Waals surface area contributed by atoms with E-state index in [2.05, 4.69) is 22.3 Å². The van der Waals surface area contributed by atoms with Crippen molar-refractivity contribution < 1.29 is 13.9 Å². The number of hydrogen-bond acceptors (Lipinski definition) is 3. The van der Waals surface area contributed by atoms with Gasteiger partial charge in [0.2, 0.25) is 0 Å². The molecule has 0 saturated carbocycles. The summed E-state index contributed by atoms with van der Waals surface area (Å²) >= 11 is 0. The highest BCUT2D eigenvalue weighted by molar-refractivity contribution is 5.92. The summed E-state index contributed by atoms with van der Waals surface area (Å²) in [5.41, 5.74) is 1.68. The first kappa shape index (κ1) is 20.5. The molecule has 1 heterocycles. The molecule has 2 rings (SSSR count). The van der Waals surface area contributed by atoms with Crippen molar-refractivity contribution in [2.45, 2.75) is 46.1 Å². The number of nitrogens with zero attached hydrogens (tertiary/aromatic N) is 2. The van der Waals surface area contributed by atoms with Crippen LogP contribution in [0.25, 0.3) is 0 Å². The first-order chi connectivity index (χ1) is 13.1. The quantitative estimate of drug-likeness (QED) is 0.541. The molecule has 0 atom stereocenters. The molecule has 27 heavy (non-hydrogen) atoms. The third kappa shape index (κ3) is 5.85. The first-order valence-corrected chi connectivity index (χ1v) is 9.17. The topological polar surface area (TPSA) is 56.1 Å². The van der Waals surface area contributed by atoms with Crippen molar-refractivity contribution in [1.82, 2.24) is 15.1 Å². The van der Waals surface area contributed by atoms with Crippen LogP contribution in [0, 0.1) is 17.7 Å². The number of rotatable bonds is 9. The monoisotopic (exact) mass is 371 g/mol. The number of benzene rings is 1. The van der Waals surface area contributed by atoms with Crippen LogP contribution in [-0.4, -0.2) is 22.3 Å². The number of aryl methyl sites for hydroxylation is 2. The molecule has 0 spiro atoms. The van der Waals surface area contributed by atoms with Gasteiger partial charge >= 0.3 is 0 Å². The number of amides is 1. The lowest BCUT2D eigenvalue weighted by Crippen LogP contribution is -2.25. The van der Waals surface area contributed by atoms with E-state index in [1.807, 2.05) is 13.8 Å². The lowest BCUT2D eigenvalue weighted by Gasteiger charge is -2.11. The summed E-state index contributed by atoms with van der Waals surface area (Å²) in [6, 6.07) is 6.71. The van der Waals surface area contributed by atoms with Gasteiger partial charge in [-0.25, -0.2) is 4.39 Å². The lowest BCUT2D eigenvalue weighted by molar-refractivity contribution is 0.0941. The summed E-state index contributed by atoms with van der Waals surface area (Å²) in [5, 5.41) is 6.99. The fourth-order valence-electron chi connectivity index (χ4n) is 2.60. The Balaban J connectivity index is 1.91.